The number of allylic oxidation sites excluding steroid dienone is 1. The fourth-order valence-electron chi connectivity index (χ4n) is 6.66. The predicted octanol–water partition coefficient (Wildman–Crippen LogP) is 7.41. The smallest absolute Gasteiger partial charge is 0.459 e. The molecule has 0 aliphatic carbocycles. The molecule has 0 atom stereocenters. The zero-order valence-corrected chi connectivity index (χ0v) is 45.6. The standard InChI is InChI=1S/C19H21N3O4.C15H16BrNO4.C14H13N3O2.C4H9BN2O2.ClH/c1-19(2,3)26-18(24)20-10-14-8-16(23)15-7-12(5-6-17(15)25-14)13-9-21-22(4)11-13;1-15(2,3)21-14(19)17-8-10-7-12(18)11-6-9(16)4-5-13(11)20-10;1-17-8-10(7-16-17)9-2-3-14-12(4-9)13(18)5-11(6-15)19-14;1-7-3-4(2-6)5(8)9;/h5-9,11H,10H2,1-4H3,(H,20,24);4-7H,8H2,1-3H3,(H,17,19);2-5,7-8H,6,15H2,1H3;2-3,8-9H,6H2,1H3;1H. The molecule has 0 radical (unpaired) electrons. The van der Waals surface area contributed by atoms with E-state index in [1.165, 1.54) is 31.5 Å². The molecule has 8 aromatic rings. The van der Waals surface area contributed by atoms with Crippen LogP contribution in [0.25, 0.3) is 55.2 Å². The summed E-state index contributed by atoms with van der Waals surface area (Å²) in [5, 5.41) is 31.8. The number of halogens is 2. The molecular weight excluding hydrogens is 1070 g/mol. The summed E-state index contributed by atoms with van der Waals surface area (Å²) >= 11 is 3.31. The molecule has 3 aromatic carbocycles. The number of fused-ring (bicyclic) bond motifs is 3. The van der Waals surface area contributed by atoms with E-state index in [9.17, 15) is 24.0 Å². The van der Waals surface area contributed by atoms with E-state index in [0.29, 0.717) is 50.2 Å². The lowest BCUT2D eigenvalue weighted by atomic mass is 9.81. The molecule has 0 bridgehead atoms. The van der Waals surface area contributed by atoms with Crippen LogP contribution in [0.3, 0.4) is 0 Å². The number of hydrogen-bond acceptors (Lipinski definition) is 17. The highest BCUT2D eigenvalue weighted by Gasteiger charge is 2.18. The van der Waals surface area contributed by atoms with E-state index < -0.39 is 30.5 Å². The number of benzene rings is 3. The summed E-state index contributed by atoms with van der Waals surface area (Å²) in [5.74, 6) is 1.23. The molecule has 402 valence electrons. The van der Waals surface area contributed by atoms with E-state index in [4.69, 9.17) is 44.2 Å². The Morgan fingerprint density at radius 2 is 1.08 bits per heavy atom. The summed E-state index contributed by atoms with van der Waals surface area (Å²) in [6, 6.07) is 20.3. The first-order chi connectivity index (χ1) is 35.3. The highest BCUT2D eigenvalue weighted by Crippen LogP contribution is 2.25. The largest absolute Gasteiger partial charge is 0.491 e. The van der Waals surface area contributed by atoms with E-state index in [1.54, 1.807) is 99.7 Å². The van der Waals surface area contributed by atoms with Crippen LogP contribution in [0.5, 0.6) is 0 Å². The molecule has 0 fully saturated rings. The van der Waals surface area contributed by atoms with Crippen LogP contribution in [0.4, 0.5) is 9.59 Å². The molecule has 2 amide bonds. The summed E-state index contributed by atoms with van der Waals surface area (Å²) in [4.78, 5) is 63.3. The minimum absolute atomic E-state index is 0. The number of aromatic nitrogens is 4. The van der Waals surface area contributed by atoms with Gasteiger partial charge in [0.05, 0.1) is 48.2 Å². The third kappa shape index (κ3) is 18.2. The van der Waals surface area contributed by atoms with Crippen molar-refractivity contribution in [3.05, 3.63) is 162 Å². The monoisotopic (exact) mass is 1130 g/mol. The van der Waals surface area contributed by atoms with Gasteiger partial charge in [-0.1, -0.05) is 28.1 Å². The van der Waals surface area contributed by atoms with Crippen molar-refractivity contribution >= 4 is 86.8 Å². The molecule has 0 aliphatic heterocycles. The van der Waals surface area contributed by atoms with Gasteiger partial charge in [-0.2, -0.15) is 10.2 Å². The number of ether oxygens (including phenoxy) is 2. The first kappa shape index (κ1) is 60.7. The van der Waals surface area contributed by atoms with Gasteiger partial charge in [0.15, 0.2) is 16.3 Å². The van der Waals surface area contributed by atoms with Crippen molar-refractivity contribution in [1.82, 2.24) is 30.2 Å². The molecule has 0 saturated heterocycles. The summed E-state index contributed by atoms with van der Waals surface area (Å²) in [6.07, 6.45) is 8.54. The van der Waals surface area contributed by atoms with Crippen molar-refractivity contribution in [2.45, 2.75) is 72.4 Å². The van der Waals surface area contributed by atoms with Crippen LogP contribution in [0.2, 0.25) is 0 Å². The molecule has 8 N–H and O–H groups in total. The maximum Gasteiger partial charge on any atom is 0.491 e. The highest BCUT2D eigenvalue weighted by atomic mass is 79.9. The molecule has 24 heteroatoms. The van der Waals surface area contributed by atoms with Crippen molar-refractivity contribution in [2.24, 2.45) is 30.6 Å². The van der Waals surface area contributed by atoms with Gasteiger partial charge in [-0.3, -0.25) is 28.7 Å². The number of alkyl carbamates (subject to hydrolysis) is 2. The van der Waals surface area contributed by atoms with Crippen LogP contribution in [0.15, 0.2) is 146 Å². The average molecular weight is 1130 g/mol. The van der Waals surface area contributed by atoms with Crippen molar-refractivity contribution in [2.75, 3.05) is 7.05 Å². The second-order valence-corrected chi connectivity index (χ2v) is 19.4. The number of amides is 2. The highest BCUT2D eigenvalue weighted by molar-refractivity contribution is 9.10. The lowest BCUT2D eigenvalue weighted by Gasteiger charge is -2.19. The lowest BCUT2D eigenvalue weighted by Crippen LogP contribution is -2.32. The van der Waals surface area contributed by atoms with Gasteiger partial charge in [-0.25, -0.2) is 9.59 Å². The van der Waals surface area contributed by atoms with Crippen LogP contribution in [0, 0.1) is 0 Å². The molecular formula is C52H60BBrClN9O12. The van der Waals surface area contributed by atoms with Crippen molar-refractivity contribution < 1.29 is 42.4 Å². The normalized spacial score (nSPS) is 11.4. The SMILES string of the molecule is CC(C)(C)OC(=O)NCc1cc(=O)c2cc(Br)ccc2o1.CN=CC(=CN)B(O)O.Cl.Cn1cc(-c2ccc3oc(CN)cc(=O)c3c2)cn1.Cn1cc(-c2ccc3oc(CNC(=O)OC(C)(C)C)cc(=O)c3c2)cn1. The Labute approximate surface area is 451 Å². The Morgan fingerprint density at radius 3 is 1.42 bits per heavy atom. The summed E-state index contributed by atoms with van der Waals surface area (Å²) < 4.78 is 31.4. The van der Waals surface area contributed by atoms with Crippen molar-refractivity contribution in [1.29, 1.82) is 0 Å². The molecule has 0 aliphatic rings. The number of carbonyl (C=O) groups excluding carboxylic acids is 2. The molecule has 0 unspecified atom stereocenters. The molecule has 0 saturated carbocycles. The van der Waals surface area contributed by atoms with E-state index in [2.05, 4.69) is 41.8 Å². The molecule has 21 nitrogen and oxygen atoms in total. The summed E-state index contributed by atoms with van der Waals surface area (Å²) in [7, 11) is 3.68. The van der Waals surface area contributed by atoms with Gasteiger partial charge in [0.25, 0.3) is 0 Å². The van der Waals surface area contributed by atoms with E-state index in [0.717, 1.165) is 32.9 Å². The van der Waals surface area contributed by atoms with Gasteiger partial charge in [0, 0.05) is 79.0 Å². The van der Waals surface area contributed by atoms with Crippen LogP contribution in [0.1, 0.15) is 58.8 Å². The number of nitrogens with zero attached hydrogens (tertiary/aromatic N) is 5. The van der Waals surface area contributed by atoms with E-state index >= 15 is 0 Å². The number of aliphatic imine (C=N–C) groups is 1. The minimum atomic E-state index is -1.53. The van der Waals surface area contributed by atoms with Crippen molar-refractivity contribution in [3.63, 3.8) is 0 Å². The second kappa shape index (κ2) is 27.1. The average Bonchev–Trinajstić information content (AvgIpc) is 3.99. The fourth-order valence-corrected chi connectivity index (χ4v) is 7.02. The Morgan fingerprint density at radius 1 is 0.684 bits per heavy atom. The van der Waals surface area contributed by atoms with Gasteiger partial charge in [0.2, 0.25) is 0 Å². The molecule has 76 heavy (non-hydrogen) atoms. The Bertz CT molecular complexity index is 3540. The van der Waals surface area contributed by atoms with Gasteiger partial charge in [-0.05, 0) is 101 Å². The Kier molecular flexibility index (Phi) is 21.7. The zero-order valence-electron chi connectivity index (χ0n) is 43.2. The lowest BCUT2D eigenvalue weighted by molar-refractivity contribution is 0.0509. The van der Waals surface area contributed by atoms with Gasteiger partial charge in [-0.15, -0.1) is 12.4 Å². The topological polar surface area (TPSA) is 308 Å². The molecule has 8 rings (SSSR count). The third-order valence-electron chi connectivity index (χ3n) is 9.95. The van der Waals surface area contributed by atoms with Gasteiger partial charge >= 0.3 is 19.3 Å². The van der Waals surface area contributed by atoms with Gasteiger partial charge < -0.3 is 54.9 Å². The Balaban J connectivity index is 0.000000229. The van der Waals surface area contributed by atoms with Crippen LogP contribution in [-0.2, 0) is 43.2 Å². The number of aryl methyl sites for hydroxylation is 2. The molecule has 5 aromatic heterocycles. The van der Waals surface area contributed by atoms with Crippen molar-refractivity contribution in [3.8, 4) is 22.3 Å². The third-order valence-corrected chi connectivity index (χ3v) is 10.4. The number of carbonyl (C=O) groups is 2. The molecule has 5 heterocycles. The second-order valence-electron chi connectivity index (χ2n) is 18.4. The number of nitrogens with one attached hydrogen (secondary N) is 2. The van der Waals surface area contributed by atoms with E-state index in [-0.39, 0.29) is 53.8 Å². The minimum Gasteiger partial charge on any atom is -0.459 e. The first-order valence-corrected chi connectivity index (χ1v) is 23.8. The summed E-state index contributed by atoms with van der Waals surface area (Å²) in [5.41, 5.74) is 14.3. The number of rotatable bonds is 9. The van der Waals surface area contributed by atoms with Crippen LogP contribution >= 0.6 is 28.3 Å². The zero-order chi connectivity index (χ0) is 55.2. The van der Waals surface area contributed by atoms with E-state index in [1.807, 2.05) is 44.7 Å². The predicted molar refractivity (Wildman–Crippen MR) is 298 cm³/mol. The quantitative estimate of drug-likeness (QED) is 0.0605. The number of nitrogens with two attached hydrogens (primary N) is 2. The van der Waals surface area contributed by atoms with Crippen LogP contribution in [-0.4, -0.2) is 73.4 Å². The van der Waals surface area contributed by atoms with Crippen LogP contribution < -0.4 is 38.4 Å². The number of hydrogen-bond donors (Lipinski definition) is 6. The maximum absolute atomic E-state index is 12.4. The fraction of sp³-hybridized carbons (Fsp3) is 0.269. The summed E-state index contributed by atoms with van der Waals surface area (Å²) in [6.45, 7) is 11.1. The van der Waals surface area contributed by atoms with Gasteiger partial charge in [0.1, 0.15) is 45.2 Å². The Hall–Kier alpha value is -7.83. The molecule has 0 spiro atoms. The maximum atomic E-state index is 12.4. The first-order valence-electron chi connectivity index (χ1n) is 23.0.